The van der Waals surface area contributed by atoms with Crippen molar-refractivity contribution in [2.75, 3.05) is 18.1 Å². The van der Waals surface area contributed by atoms with Gasteiger partial charge in [0.05, 0.1) is 30.2 Å². The molecule has 0 saturated carbocycles. The van der Waals surface area contributed by atoms with Crippen LogP contribution in [0.3, 0.4) is 0 Å². The third kappa shape index (κ3) is 3.80. The Balaban J connectivity index is 1.78. The minimum Gasteiger partial charge on any atom is -0.490 e. The van der Waals surface area contributed by atoms with Gasteiger partial charge < -0.3 is 13.9 Å². The van der Waals surface area contributed by atoms with Crippen LogP contribution < -0.4 is 19.8 Å². The first-order valence-corrected chi connectivity index (χ1v) is 11.3. The van der Waals surface area contributed by atoms with E-state index in [9.17, 15) is 14.0 Å². The topological polar surface area (TPSA) is 81.9 Å². The number of ether oxygens (including phenoxy) is 2. The van der Waals surface area contributed by atoms with E-state index in [1.807, 2.05) is 26.8 Å². The highest BCUT2D eigenvalue weighted by Crippen LogP contribution is 2.42. The van der Waals surface area contributed by atoms with E-state index in [1.54, 1.807) is 30.5 Å². The van der Waals surface area contributed by atoms with Crippen LogP contribution in [0.5, 0.6) is 11.5 Å². The highest BCUT2D eigenvalue weighted by atomic mass is 19.1. The zero-order valence-electron chi connectivity index (χ0n) is 19.5. The van der Waals surface area contributed by atoms with Gasteiger partial charge >= 0.3 is 0 Å². The molecule has 0 radical (unpaired) electrons. The molecule has 2 aromatic carbocycles. The maximum Gasteiger partial charge on any atom is 0.296 e. The van der Waals surface area contributed by atoms with Crippen molar-refractivity contribution in [2.45, 2.75) is 26.8 Å². The molecule has 178 valence electrons. The summed E-state index contributed by atoms with van der Waals surface area (Å²) in [6.07, 6.45) is 1.65. The van der Waals surface area contributed by atoms with Gasteiger partial charge in [-0.25, -0.2) is 9.37 Å². The molecule has 35 heavy (non-hydrogen) atoms. The Kier molecular flexibility index (Phi) is 5.72. The maximum absolute atomic E-state index is 14.0. The molecule has 3 heterocycles. The summed E-state index contributed by atoms with van der Waals surface area (Å²) < 4.78 is 31.3. The van der Waals surface area contributed by atoms with Crippen molar-refractivity contribution >= 4 is 22.7 Å². The molecule has 1 amide bonds. The Morgan fingerprint density at radius 3 is 2.49 bits per heavy atom. The van der Waals surface area contributed by atoms with Crippen molar-refractivity contribution in [3.63, 3.8) is 0 Å². The number of pyridine rings is 1. The number of aromatic nitrogens is 1. The van der Waals surface area contributed by atoms with E-state index in [0.717, 1.165) is 11.6 Å². The average Bonchev–Trinajstić information content (AvgIpc) is 3.14. The highest BCUT2D eigenvalue weighted by molar-refractivity contribution is 6.10. The number of hydrogen-bond donors (Lipinski definition) is 0. The SMILES string of the molecule is CCOc1ccc(C2c3c(oc4ccc(F)cc4c3=O)C(=O)N2c2ccc(C)cn2)cc1OCC. The van der Waals surface area contributed by atoms with Crippen molar-refractivity contribution in [1.82, 2.24) is 4.98 Å². The first-order chi connectivity index (χ1) is 16.9. The van der Waals surface area contributed by atoms with Crippen LogP contribution in [0.2, 0.25) is 0 Å². The summed E-state index contributed by atoms with van der Waals surface area (Å²) in [6, 6.07) is 11.6. The lowest BCUT2D eigenvalue weighted by Crippen LogP contribution is -2.30. The molecule has 8 heteroatoms. The van der Waals surface area contributed by atoms with E-state index >= 15 is 0 Å². The summed E-state index contributed by atoms with van der Waals surface area (Å²) in [5.41, 5.74) is 1.32. The molecule has 1 atom stereocenters. The van der Waals surface area contributed by atoms with Crippen LogP contribution in [0.4, 0.5) is 10.2 Å². The number of halogens is 1. The van der Waals surface area contributed by atoms with Crippen LogP contribution in [-0.2, 0) is 0 Å². The second-order valence-corrected chi connectivity index (χ2v) is 8.16. The quantitative estimate of drug-likeness (QED) is 0.383. The Hall–Kier alpha value is -4.20. The molecule has 0 fully saturated rings. The molecular formula is C27H23FN2O5. The van der Waals surface area contributed by atoms with Crippen LogP contribution in [0, 0.1) is 12.7 Å². The molecule has 1 aliphatic rings. The van der Waals surface area contributed by atoms with E-state index in [-0.39, 0.29) is 22.3 Å². The van der Waals surface area contributed by atoms with Gasteiger partial charge in [-0.15, -0.1) is 0 Å². The largest absolute Gasteiger partial charge is 0.490 e. The summed E-state index contributed by atoms with van der Waals surface area (Å²) in [5, 5.41) is 0.0660. The van der Waals surface area contributed by atoms with Gasteiger partial charge in [-0.05, 0) is 68.3 Å². The number of fused-ring (bicyclic) bond motifs is 2. The summed E-state index contributed by atoms with van der Waals surface area (Å²) >= 11 is 0. The Labute approximate surface area is 200 Å². The van der Waals surface area contributed by atoms with E-state index < -0.39 is 23.2 Å². The van der Waals surface area contributed by atoms with Crippen molar-refractivity contribution in [1.29, 1.82) is 0 Å². The second-order valence-electron chi connectivity index (χ2n) is 8.16. The van der Waals surface area contributed by atoms with Gasteiger partial charge in [0.25, 0.3) is 5.91 Å². The van der Waals surface area contributed by atoms with Crippen molar-refractivity contribution < 1.29 is 23.1 Å². The molecule has 0 saturated heterocycles. The number of carbonyl (C=O) groups is 1. The number of anilines is 1. The zero-order valence-corrected chi connectivity index (χ0v) is 19.5. The van der Waals surface area contributed by atoms with E-state index in [2.05, 4.69) is 4.98 Å². The van der Waals surface area contributed by atoms with Crippen LogP contribution >= 0.6 is 0 Å². The number of nitrogens with zero attached hydrogens (tertiary/aromatic N) is 2. The average molecular weight is 474 g/mol. The Morgan fingerprint density at radius 2 is 1.77 bits per heavy atom. The first-order valence-electron chi connectivity index (χ1n) is 11.3. The third-order valence-corrected chi connectivity index (χ3v) is 5.86. The van der Waals surface area contributed by atoms with Gasteiger partial charge in [0, 0.05) is 6.20 Å². The molecule has 0 spiro atoms. The van der Waals surface area contributed by atoms with E-state index in [0.29, 0.717) is 36.1 Å². The fourth-order valence-corrected chi connectivity index (χ4v) is 4.34. The Bertz CT molecular complexity index is 1500. The standard InChI is InChI=1S/C27H23FN2O5/c1-4-33-20-9-7-16(12-21(20)34-5-2)24-23-25(31)18-13-17(28)8-10-19(18)35-26(23)27(32)30(24)22-11-6-15(3)14-29-22/h6-14,24H,4-5H2,1-3H3. The van der Waals surface area contributed by atoms with E-state index in [1.165, 1.54) is 17.0 Å². The minimum atomic E-state index is -0.855. The normalized spacial score (nSPS) is 14.9. The maximum atomic E-state index is 14.0. The molecular weight excluding hydrogens is 451 g/mol. The van der Waals surface area contributed by atoms with E-state index in [4.69, 9.17) is 13.9 Å². The second kappa shape index (κ2) is 8.87. The number of carbonyl (C=O) groups excluding carboxylic acids is 1. The fraction of sp³-hybridized carbons (Fsp3) is 0.222. The summed E-state index contributed by atoms with van der Waals surface area (Å²) in [5.74, 6) is 0.238. The van der Waals surface area contributed by atoms with Crippen molar-refractivity contribution in [3.8, 4) is 11.5 Å². The lowest BCUT2D eigenvalue weighted by atomic mass is 9.98. The van der Waals surface area contributed by atoms with Crippen LogP contribution in [-0.4, -0.2) is 24.1 Å². The molecule has 0 N–H and O–H groups in total. The lowest BCUT2D eigenvalue weighted by molar-refractivity contribution is 0.0970. The van der Waals surface area contributed by atoms with Gasteiger partial charge in [-0.1, -0.05) is 12.1 Å². The summed E-state index contributed by atoms with van der Waals surface area (Å²) in [6.45, 7) is 6.47. The van der Waals surface area contributed by atoms with Gasteiger partial charge in [0.15, 0.2) is 16.9 Å². The molecule has 1 unspecified atom stereocenters. The number of benzene rings is 2. The smallest absolute Gasteiger partial charge is 0.296 e. The molecule has 0 bridgehead atoms. The molecule has 2 aromatic heterocycles. The van der Waals surface area contributed by atoms with Crippen molar-refractivity contribution in [2.24, 2.45) is 0 Å². The van der Waals surface area contributed by atoms with Crippen molar-refractivity contribution in [3.05, 3.63) is 93.2 Å². The molecule has 1 aliphatic heterocycles. The predicted molar refractivity (Wildman–Crippen MR) is 129 cm³/mol. The number of amides is 1. The summed E-state index contributed by atoms with van der Waals surface area (Å²) in [4.78, 5) is 33.1. The molecule has 5 rings (SSSR count). The predicted octanol–water partition coefficient (Wildman–Crippen LogP) is 5.18. The lowest BCUT2D eigenvalue weighted by Gasteiger charge is -2.25. The molecule has 0 aliphatic carbocycles. The minimum absolute atomic E-state index is 0.0660. The van der Waals surface area contributed by atoms with Crippen LogP contribution in [0.1, 0.15) is 47.1 Å². The number of rotatable bonds is 6. The monoisotopic (exact) mass is 474 g/mol. The van der Waals surface area contributed by atoms with Gasteiger partial charge in [0.1, 0.15) is 17.2 Å². The fourth-order valence-electron chi connectivity index (χ4n) is 4.34. The third-order valence-electron chi connectivity index (χ3n) is 5.86. The van der Waals surface area contributed by atoms with Gasteiger partial charge in [0.2, 0.25) is 5.76 Å². The molecule has 7 nitrogen and oxygen atoms in total. The Morgan fingerprint density at radius 1 is 1.00 bits per heavy atom. The zero-order chi connectivity index (χ0) is 24.7. The highest BCUT2D eigenvalue weighted by Gasteiger charge is 2.44. The van der Waals surface area contributed by atoms with Gasteiger partial charge in [-0.3, -0.25) is 14.5 Å². The number of hydrogen-bond acceptors (Lipinski definition) is 6. The van der Waals surface area contributed by atoms with Crippen LogP contribution in [0.25, 0.3) is 11.0 Å². The van der Waals surface area contributed by atoms with Crippen LogP contribution in [0.15, 0.2) is 63.9 Å². The first kappa shape index (κ1) is 22.6. The summed E-state index contributed by atoms with van der Waals surface area (Å²) in [7, 11) is 0. The van der Waals surface area contributed by atoms with Gasteiger partial charge in [-0.2, -0.15) is 0 Å². The number of aryl methyl sites for hydroxylation is 1. The molecule has 4 aromatic rings.